The number of aromatic nitrogens is 5. The molecule has 0 radical (unpaired) electrons. The summed E-state index contributed by atoms with van der Waals surface area (Å²) >= 11 is 0. The summed E-state index contributed by atoms with van der Waals surface area (Å²) in [5.74, 6) is 1.84. The van der Waals surface area contributed by atoms with Gasteiger partial charge in [0.15, 0.2) is 5.65 Å². The number of benzene rings is 1. The summed E-state index contributed by atoms with van der Waals surface area (Å²) in [5, 5.41) is 8.18. The highest BCUT2D eigenvalue weighted by atomic mass is 15.3. The third-order valence-electron chi connectivity index (χ3n) is 4.22. The number of rotatable bonds is 4. The Kier molecular flexibility index (Phi) is 3.72. The van der Waals surface area contributed by atoms with Crippen LogP contribution in [0.5, 0.6) is 0 Å². The van der Waals surface area contributed by atoms with Crippen molar-refractivity contribution < 1.29 is 0 Å². The van der Waals surface area contributed by atoms with Crippen LogP contribution in [0.15, 0.2) is 54.9 Å². The molecule has 6 heteroatoms. The second kappa shape index (κ2) is 6.05. The average Bonchev–Trinajstić information content (AvgIpc) is 3.18. The first-order valence-corrected chi connectivity index (χ1v) is 8.24. The molecule has 0 aliphatic carbocycles. The van der Waals surface area contributed by atoms with E-state index in [1.54, 1.807) is 0 Å². The first kappa shape index (κ1) is 15.4. The first-order valence-electron chi connectivity index (χ1n) is 8.24. The van der Waals surface area contributed by atoms with Crippen LogP contribution in [0.3, 0.4) is 0 Å². The van der Waals surface area contributed by atoms with E-state index in [-0.39, 0.29) is 6.04 Å². The van der Waals surface area contributed by atoms with Gasteiger partial charge in [0.05, 0.1) is 5.69 Å². The minimum atomic E-state index is -0.0873. The highest BCUT2D eigenvalue weighted by molar-refractivity contribution is 5.52. The fraction of sp³-hybridized carbons (Fsp3) is 0.211. The Labute approximate surface area is 146 Å². The summed E-state index contributed by atoms with van der Waals surface area (Å²) in [6.45, 7) is 3.97. The number of nitrogens with zero attached hydrogens (tertiary/aromatic N) is 5. The van der Waals surface area contributed by atoms with Crippen molar-refractivity contribution in [2.24, 2.45) is 7.05 Å². The van der Waals surface area contributed by atoms with E-state index in [4.69, 9.17) is 0 Å². The second-order valence-corrected chi connectivity index (χ2v) is 6.22. The summed E-state index contributed by atoms with van der Waals surface area (Å²) in [6, 6.07) is 14.2. The van der Waals surface area contributed by atoms with Crippen molar-refractivity contribution in [3.63, 3.8) is 0 Å². The monoisotopic (exact) mass is 332 g/mol. The maximum absolute atomic E-state index is 4.57. The van der Waals surface area contributed by atoms with E-state index < -0.39 is 0 Å². The van der Waals surface area contributed by atoms with Crippen LogP contribution in [0.25, 0.3) is 5.65 Å². The third-order valence-corrected chi connectivity index (χ3v) is 4.22. The maximum atomic E-state index is 4.57. The normalized spacial score (nSPS) is 12.4. The van der Waals surface area contributed by atoms with Gasteiger partial charge in [0, 0.05) is 37.3 Å². The molecule has 0 saturated heterocycles. The van der Waals surface area contributed by atoms with E-state index in [0.29, 0.717) is 0 Å². The van der Waals surface area contributed by atoms with Gasteiger partial charge in [-0.3, -0.25) is 0 Å². The van der Waals surface area contributed by atoms with Crippen LogP contribution >= 0.6 is 0 Å². The summed E-state index contributed by atoms with van der Waals surface area (Å²) in [5.41, 5.74) is 3.87. The molecule has 25 heavy (non-hydrogen) atoms. The van der Waals surface area contributed by atoms with Crippen LogP contribution in [0.4, 0.5) is 5.82 Å². The standard InChI is InChI=1S/C19H20N6/c1-13-11-17(25-16(21-13)12-14(2)23-25)22-18(15-7-5-4-6-8-15)19-20-9-10-24(19)3/h4-12,18,22H,1-3H3/t18-/m0/s1. The number of hydrogen-bond donors (Lipinski definition) is 1. The minimum Gasteiger partial charge on any atom is -0.356 e. The van der Waals surface area contributed by atoms with Crippen molar-refractivity contribution >= 4 is 11.5 Å². The molecule has 0 aliphatic rings. The Bertz CT molecular complexity index is 1020. The molecule has 1 aromatic carbocycles. The predicted octanol–water partition coefficient (Wildman–Crippen LogP) is 3.28. The second-order valence-electron chi connectivity index (χ2n) is 6.22. The molecule has 3 aromatic heterocycles. The Morgan fingerprint density at radius 1 is 1.04 bits per heavy atom. The van der Waals surface area contributed by atoms with Crippen molar-refractivity contribution in [3.05, 3.63) is 77.6 Å². The molecule has 4 aromatic rings. The SMILES string of the molecule is Cc1cc(N[C@@H](c2ccccc2)c2nccn2C)n2nc(C)cc2n1. The van der Waals surface area contributed by atoms with Crippen molar-refractivity contribution in [1.82, 2.24) is 24.1 Å². The molecule has 0 bridgehead atoms. The average molecular weight is 332 g/mol. The molecule has 1 N–H and O–H groups in total. The Hall–Kier alpha value is -3.15. The lowest BCUT2D eigenvalue weighted by Gasteiger charge is -2.21. The zero-order valence-corrected chi connectivity index (χ0v) is 14.5. The van der Waals surface area contributed by atoms with Crippen molar-refractivity contribution in [2.75, 3.05) is 5.32 Å². The minimum absolute atomic E-state index is 0.0873. The summed E-state index contributed by atoms with van der Waals surface area (Å²) in [4.78, 5) is 9.11. The lowest BCUT2D eigenvalue weighted by Crippen LogP contribution is -2.19. The van der Waals surface area contributed by atoms with Gasteiger partial charge in [0.1, 0.15) is 17.7 Å². The molecule has 0 aliphatic heterocycles. The molecule has 3 heterocycles. The fourth-order valence-electron chi connectivity index (χ4n) is 3.06. The molecule has 0 saturated carbocycles. The van der Waals surface area contributed by atoms with Crippen LogP contribution < -0.4 is 5.32 Å². The number of hydrogen-bond acceptors (Lipinski definition) is 4. The number of imidazole rings is 1. The van der Waals surface area contributed by atoms with E-state index in [0.717, 1.165) is 34.2 Å². The number of nitrogens with one attached hydrogen (secondary N) is 1. The van der Waals surface area contributed by atoms with E-state index in [9.17, 15) is 0 Å². The maximum Gasteiger partial charge on any atom is 0.157 e. The van der Waals surface area contributed by atoms with Gasteiger partial charge in [-0.15, -0.1) is 0 Å². The number of fused-ring (bicyclic) bond motifs is 1. The predicted molar refractivity (Wildman–Crippen MR) is 97.6 cm³/mol. The van der Waals surface area contributed by atoms with Crippen LogP contribution in [0.2, 0.25) is 0 Å². The first-order chi connectivity index (χ1) is 12.1. The molecule has 4 rings (SSSR count). The molecule has 126 valence electrons. The molecule has 0 spiro atoms. The van der Waals surface area contributed by atoms with E-state index in [2.05, 4.69) is 32.5 Å². The number of anilines is 1. The van der Waals surface area contributed by atoms with Crippen LogP contribution in [0, 0.1) is 13.8 Å². The number of aryl methyl sites for hydroxylation is 3. The van der Waals surface area contributed by atoms with Gasteiger partial charge in [0.2, 0.25) is 0 Å². The molecule has 0 fully saturated rings. The van der Waals surface area contributed by atoms with Gasteiger partial charge >= 0.3 is 0 Å². The lowest BCUT2D eigenvalue weighted by atomic mass is 10.1. The summed E-state index contributed by atoms with van der Waals surface area (Å²) in [7, 11) is 2.01. The molecular weight excluding hydrogens is 312 g/mol. The van der Waals surface area contributed by atoms with E-state index in [1.807, 2.05) is 72.7 Å². The molecule has 1 atom stereocenters. The van der Waals surface area contributed by atoms with E-state index in [1.165, 1.54) is 0 Å². The smallest absolute Gasteiger partial charge is 0.157 e. The van der Waals surface area contributed by atoms with Gasteiger partial charge in [-0.25, -0.2) is 9.97 Å². The zero-order chi connectivity index (χ0) is 17.4. The Morgan fingerprint density at radius 3 is 2.56 bits per heavy atom. The lowest BCUT2D eigenvalue weighted by molar-refractivity contribution is 0.738. The summed E-state index contributed by atoms with van der Waals surface area (Å²) in [6.07, 6.45) is 3.77. The van der Waals surface area contributed by atoms with Gasteiger partial charge in [-0.1, -0.05) is 30.3 Å². The third kappa shape index (κ3) is 2.87. The molecular formula is C19H20N6. The van der Waals surface area contributed by atoms with Gasteiger partial charge < -0.3 is 9.88 Å². The van der Waals surface area contributed by atoms with Crippen LogP contribution in [0.1, 0.15) is 28.8 Å². The van der Waals surface area contributed by atoms with Crippen molar-refractivity contribution in [2.45, 2.75) is 19.9 Å². The van der Waals surface area contributed by atoms with Gasteiger partial charge in [-0.2, -0.15) is 9.61 Å². The topological polar surface area (TPSA) is 60.0 Å². The Morgan fingerprint density at radius 2 is 1.84 bits per heavy atom. The van der Waals surface area contributed by atoms with Gasteiger partial charge in [0.25, 0.3) is 0 Å². The van der Waals surface area contributed by atoms with Crippen molar-refractivity contribution in [1.29, 1.82) is 0 Å². The van der Waals surface area contributed by atoms with E-state index >= 15 is 0 Å². The fourth-order valence-corrected chi connectivity index (χ4v) is 3.06. The highest BCUT2D eigenvalue weighted by Gasteiger charge is 2.20. The zero-order valence-electron chi connectivity index (χ0n) is 14.5. The molecule has 6 nitrogen and oxygen atoms in total. The van der Waals surface area contributed by atoms with Gasteiger partial charge in [-0.05, 0) is 19.4 Å². The summed E-state index contributed by atoms with van der Waals surface area (Å²) < 4.78 is 3.88. The molecule has 0 unspecified atom stereocenters. The highest BCUT2D eigenvalue weighted by Crippen LogP contribution is 2.26. The Balaban J connectivity index is 1.84. The quantitative estimate of drug-likeness (QED) is 0.623. The van der Waals surface area contributed by atoms with Crippen LogP contribution in [-0.2, 0) is 7.05 Å². The van der Waals surface area contributed by atoms with Crippen molar-refractivity contribution in [3.8, 4) is 0 Å². The van der Waals surface area contributed by atoms with Crippen LogP contribution in [-0.4, -0.2) is 24.1 Å². The molecule has 0 amide bonds. The largest absolute Gasteiger partial charge is 0.356 e.